The molecule has 18 heavy (non-hydrogen) atoms. The van der Waals surface area contributed by atoms with Gasteiger partial charge in [0.2, 0.25) is 0 Å². The van der Waals surface area contributed by atoms with Crippen LogP contribution < -0.4 is 0 Å². The van der Waals surface area contributed by atoms with Crippen molar-refractivity contribution in [2.75, 3.05) is 0 Å². The molecular formula is C13H6Cl4O. The van der Waals surface area contributed by atoms with Gasteiger partial charge >= 0.3 is 0 Å². The molecule has 2 rings (SSSR count). The second kappa shape index (κ2) is 5.50. The van der Waals surface area contributed by atoms with E-state index in [0.29, 0.717) is 31.2 Å². The highest BCUT2D eigenvalue weighted by atomic mass is 35.5. The Morgan fingerprint density at radius 3 is 2.11 bits per heavy atom. The Hall–Kier alpha value is -0.730. The molecule has 2 aromatic rings. The van der Waals surface area contributed by atoms with Gasteiger partial charge < -0.3 is 0 Å². The van der Waals surface area contributed by atoms with Crippen molar-refractivity contribution in [3.63, 3.8) is 0 Å². The van der Waals surface area contributed by atoms with E-state index in [1.165, 1.54) is 12.1 Å². The average Bonchev–Trinajstić information content (AvgIpc) is 2.35. The first-order valence-corrected chi connectivity index (χ1v) is 6.45. The third-order valence-corrected chi connectivity index (χ3v) is 3.66. The van der Waals surface area contributed by atoms with E-state index in [1.54, 1.807) is 24.3 Å². The topological polar surface area (TPSA) is 17.1 Å². The first-order chi connectivity index (χ1) is 8.49. The third kappa shape index (κ3) is 2.81. The quantitative estimate of drug-likeness (QED) is 0.665. The minimum absolute atomic E-state index is 0.249. The Morgan fingerprint density at radius 1 is 0.778 bits per heavy atom. The first-order valence-electron chi connectivity index (χ1n) is 4.94. The number of rotatable bonds is 2. The molecule has 0 aliphatic rings. The highest BCUT2D eigenvalue weighted by molar-refractivity contribution is 6.42. The van der Waals surface area contributed by atoms with Gasteiger partial charge in [-0.1, -0.05) is 46.4 Å². The summed E-state index contributed by atoms with van der Waals surface area (Å²) < 4.78 is 0. The number of hydrogen-bond donors (Lipinski definition) is 0. The predicted molar refractivity (Wildman–Crippen MR) is 76.4 cm³/mol. The van der Waals surface area contributed by atoms with Gasteiger partial charge in [-0.3, -0.25) is 4.79 Å². The Bertz CT molecular complexity index is 622. The van der Waals surface area contributed by atoms with Crippen molar-refractivity contribution in [3.8, 4) is 0 Å². The fourth-order valence-electron chi connectivity index (χ4n) is 1.46. The summed E-state index contributed by atoms with van der Waals surface area (Å²) in [6.07, 6.45) is 0. The molecule has 92 valence electrons. The fraction of sp³-hybridized carbons (Fsp3) is 0. The van der Waals surface area contributed by atoms with Crippen LogP contribution in [-0.4, -0.2) is 5.78 Å². The molecule has 0 radical (unpaired) electrons. The zero-order valence-electron chi connectivity index (χ0n) is 8.88. The summed E-state index contributed by atoms with van der Waals surface area (Å²) >= 11 is 23.5. The van der Waals surface area contributed by atoms with E-state index < -0.39 is 0 Å². The lowest BCUT2D eigenvalue weighted by atomic mass is 10.0. The van der Waals surface area contributed by atoms with Gasteiger partial charge in [-0.2, -0.15) is 0 Å². The van der Waals surface area contributed by atoms with Gasteiger partial charge in [-0.15, -0.1) is 0 Å². The second-order valence-corrected chi connectivity index (χ2v) is 5.24. The van der Waals surface area contributed by atoms with Crippen molar-refractivity contribution in [3.05, 3.63) is 67.6 Å². The van der Waals surface area contributed by atoms with Crippen LogP contribution in [0.5, 0.6) is 0 Å². The largest absolute Gasteiger partial charge is 0.289 e. The number of hydrogen-bond acceptors (Lipinski definition) is 1. The van der Waals surface area contributed by atoms with Gasteiger partial charge in [0.15, 0.2) is 5.78 Å². The fourth-order valence-corrected chi connectivity index (χ4v) is 2.14. The smallest absolute Gasteiger partial charge is 0.194 e. The third-order valence-electron chi connectivity index (χ3n) is 2.35. The van der Waals surface area contributed by atoms with Crippen molar-refractivity contribution < 1.29 is 4.79 Å². The van der Waals surface area contributed by atoms with Gasteiger partial charge in [0, 0.05) is 16.1 Å². The monoisotopic (exact) mass is 318 g/mol. The molecule has 0 unspecified atom stereocenters. The molecule has 0 aliphatic carbocycles. The van der Waals surface area contributed by atoms with Crippen LogP contribution in [0.1, 0.15) is 15.9 Å². The first kappa shape index (κ1) is 13.7. The summed E-state index contributed by atoms with van der Waals surface area (Å²) in [4.78, 5) is 12.2. The van der Waals surface area contributed by atoms with Crippen molar-refractivity contribution >= 4 is 52.2 Å². The van der Waals surface area contributed by atoms with Crippen LogP contribution in [-0.2, 0) is 0 Å². The van der Waals surface area contributed by atoms with Crippen LogP contribution in [0, 0.1) is 0 Å². The van der Waals surface area contributed by atoms with Crippen LogP contribution in [0.3, 0.4) is 0 Å². The van der Waals surface area contributed by atoms with Gasteiger partial charge in [-0.25, -0.2) is 0 Å². The maximum atomic E-state index is 12.2. The maximum Gasteiger partial charge on any atom is 0.194 e. The van der Waals surface area contributed by atoms with Gasteiger partial charge in [0.05, 0.1) is 15.1 Å². The van der Waals surface area contributed by atoms with E-state index in [2.05, 4.69) is 0 Å². The molecule has 0 fully saturated rings. The number of halogens is 4. The SMILES string of the molecule is O=C(c1ccc(Cl)c(Cl)c1)c1cc(Cl)ccc1Cl. The predicted octanol–water partition coefficient (Wildman–Crippen LogP) is 5.53. The molecule has 2 aromatic carbocycles. The van der Waals surface area contributed by atoms with E-state index in [1.807, 2.05) is 0 Å². The zero-order chi connectivity index (χ0) is 13.3. The molecule has 0 N–H and O–H groups in total. The van der Waals surface area contributed by atoms with Crippen molar-refractivity contribution in [2.24, 2.45) is 0 Å². The molecule has 0 atom stereocenters. The van der Waals surface area contributed by atoms with Crippen molar-refractivity contribution in [2.45, 2.75) is 0 Å². The number of ketones is 1. The van der Waals surface area contributed by atoms with Gasteiger partial charge in [0.1, 0.15) is 0 Å². The summed E-state index contributed by atoms with van der Waals surface area (Å²) in [6, 6.07) is 9.38. The summed E-state index contributed by atoms with van der Waals surface area (Å²) in [6.45, 7) is 0. The molecule has 0 aromatic heterocycles. The standard InChI is InChI=1S/C13H6Cl4O/c14-8-2-4-10(15)9(6-8)13(18)7-1-3-11(16)12(17)5-7/h1-6H. The molecule has 1 nitrogen and oxygen atoms in total. The van der Waals surface area contributed by atoms with Crippen molar-refractivity contribution in [1.29, 1.82) is 0 Å². The van der Waals surface area contributed by atoms with Crippen LogP contribution in [0.15, 0.2) is 36.4 Å². The lowest BCUT2D eigenvalue weighted by Crippen LogP contribution is -2.02. The summed E-state index contributed by atoms with van der Waals surface area (Å²) in [5, 5.41) is 1.50. The van der Waals surface area contributed by atoms with E-state index in [9.17, 15) is 4.79 Å². The van der Waals surface area contributed by atoms with E-state index in [-0.39, 0.29) is 5.78 Å². The van der Waals surface area contributed by atoms with Crippen LogP contribution in [0.4, 0.5) is 0 Å². The molecule has 0 bridgehead atoms. The van der Waals surface area contributed by atoms with Gasteiger partial charge in [0.25, 0.3) is 0 Å². The molecule has 0 amide bonds. The van der Waals surface area contributed by atoms with Crippen LogP contribution >= 0.6 is 46.4 Å². The molecule has 0 aliphatic heterocycles. The number of carbonyl (C=O) groups is 1. The zero-order valence-corrected chi connectivity index (χ0v) is 11.9. The van der Waals surface area contributed by atoms with E-state index in [0.717, 1.165) is 0 Å². The van der Waals surface area contributed by atoms with E-state index in [4.69, 9.17) is 46.4 Å². The average molecular weight is 320 g/mol. The lowest BCUT2D eigenvalue weighted by molar-refractivity contribution is 0.103. The summed E-state index contributed by atoms with van der Waals surface area (Å²) in [5.74, 6) is -0.249. The Kier molecular flexibility index (Phi) is 4.18. The second-order valence-electron chi connectivity index (χ2n) is 3.58. The Morgan fingerprint density at radius 2 is 1.44 bits per heavy atom. The Balaban J connectivity index is 2.47. The van der Waals surface area contributed by atoms with Gasteiger partial charge in [-0.05, 0) is 36.4 Å². The maximum absolute atomic E-state index is 12.2. The number of benzene rings is 2. The van der Waals surface area contributed by atoms with Crippen LogP contribution in [0.2, 0.25) is 20.1 Å². The molecule has 0 spiro atoms. The van der Waals surface area contributed by atoms with Crippen LogP contribution in [0.25, 0.3) is 0 Å². The van der Waals surface area contributed by atoms with Crippen molar-refractivity contribution in [1.82, 2.24) is 0 Å². The van der Waals surface area contributed by atoms with E-state index >= 15 is 0 Å². The highest BCUT2D eigenvalue weighted by Crippen LogP contribution is 2.27. The molecule has 5 heteroatoms. The normalized spacial score (nSPS) is 10.4. The summed E-state index contributed by atoms with van der Waals surface area (Å²) in [5.41, 5.74) is 0.746. The molecule has 0 saturated heterocycles. The lowest BCUT2D eigenvalue weighted by Gasteiger charge is -2.05. The molecule has 0 saturated carbocycles. The molecular weight excluding hydrogens is 314 g/mol. The minimum Gasteiger partial charge on any atom is -0.289 e. The minimum atomic E-state index is -0.249. The molecule has 0 heterocycles. The number of carbonyl (C=O) groups excluding carboxylic acids is 1. The Labute approximate surface area is 124 Å². The summed E-state index contributed by atoms with van der Waals surface area (Å²) in [7, 11) is 0. The highest BCUT2D eigenvalue weighted by Gasteiger charge is 2.14.